The van der Waals surface area contributed by atoms with E-state index in [1.807, 2.05) is 61.5 Å². The van der Waals surface area contributed by atoms with Crippen LogP contribution in [0.4, 0.5) is 5.69 Å². The fourth-order valence-corrected chi connectivity index (χ4v) is 5.39. The van der Waals surface area contributed by atoms with Crippen molar-refractivity contribution in [2.45, 2.75) is 30.7 Å². The summed E-state index contributed by atoms with van der Waals surface area (Å²) >= 11 is 0. The first-order chi connectivity index (χ1) is 14.4. The summed E-state index contributed by atoms with van der Waals surface area (Å²) in [6.45, 7) is 2.26. The molecule has 0 aliphatic carbocycles. The molecule has 5 nitrogen and oxygen atoms in total. The van der Waals surface area contributed by atoms with E-state index in [2.05, 4.69) is 5.32 Å². The van der Waals surface area contributed by atoms with Crippen LogP contribution in [0.2, 0.25) is 0 Å². The smallest absolute Gasteiger partial charge is 0.243 e. The van der Waals surface area contributed by atoms with Crippen molar-refractivity contribution in [1.29, 1.82) is 0 Å². The summed E-state index contributed by atoms with van der Waals surface area (Å²) in [5.41, 5.74) is 3.79. The summed E-state index contributed by atoms with van der Waals surface area (Å²) in [5.74, 6) is -0.296. The van der Waals surface area contributed by atoms with Crippen molar-refractivity contribution in [3.63, 3.8) is 0 Å². The lowest BCUT2D eigenvalue weighted by molar-refractivity contribution is -0.119. The Balaban J connectivity index is 1.49. The maximum absolute atomic E-state index is 13.1. The van der Waals surface area contributed by atoms with Crippen molar-refractivity contribution in [3.05, 3.63) is 84.4 Å². The molecule has 1 amide bonds. The predicted octanol–water partition coefficient (Wildman–Crippen LogP) is 4.45. The molecule has 1 aliphatic heterocycles. The summed E-state index contributed by atoms with van der Waals surface area (Å²) in [6, 6.07) is 23.6. The van der Waals surface area contributed by atoms with Gasteiger partial charge in [0.2, 0.25) is 15.9 Å². The van der Waals surface area contributed by atoms with E-state index in [-0.39, 0.29) is 10.8 Å². The first-order valence-corrected chi connectivity index (χ1v) is 11.4. The maximum Gasteiger partial charge on any atom is 0.243 e. The summed E-state index contributed by atoms with van der Waals surface area (Å²) in [5, 5.41) is 2.88. The Hall–Kier alpha value is -2.96. The molecular formula is C24H24N2O3S. The Morgan fingerprint density at radius 2 is 1.53 bits per heavy atom. The molecule has 0 saturated carbocycles. The second-order valence-electron chi connectivity index (χ2n) is 7.52. The Morgan fingerprint density at radius 1 is 0.900 bits per heavy atom. The van der Waals surface area contributed by atoms with Gasteiger partial charge in [0.25, 0.3) is 0 Å². The monoisotopic (exact) mass is 420 g/mol. The molecule has 0 radical (unpaired) electrons. The van der Waals surface area contributed by atoms with Gasteiger partial charge in [-0.15, -0.1) is 0 Å². The van der Waals surface area contributed by atoms with E-state index in [1.165, 1.54) is 4.31 Å². The number of benzene rings is 3. The third kappa shape index (κ3) is 4.15. The highest BCUT2D eigenvalue weighted by Gasteiger charge is 2.39. The highest BCUT2D eigenvalue weighted by Crippen LogP contribution is 2.28. The van der Waals surface area contributed by atoms with Gasteiger partial charge in [-0.3, -0.25) is 4.79 Å². The fraction of sp³-hybridized carbons (Fsp3) is 0.208. The van der Waals surface area contributed by atoms with Crippen LogP contribution in [-0.4, -0.2) is 31.2 Å². The summed E-state index contributed by atoms with van der Waals surface area (Å²) in [7, 11) is -3.71. The van der Waals surface area contributed by atoms with Crippen LogP contribution in [0.1, 0.15) is 18.4 Å². The molecule has 1 fully saturated rings. The number of nitrogens with one attached hydrogen (secondary N) is 1. The quantitative estimate of drug-likeness (QED) is 0.663. The SMILES string of the molecule is Cc1ccc(S(=O)(=O)N2CCC[C@H]2C(=O)Nc2ccc(-c3ccccc3)cc2)cc1. The molecule has 1 heterocycles. The molecule has 6 heteroatoms. The second kappa shape index (κ2) is 8.42. The lowest BCUT2D eigenvalue weighted by atomic mass is 10.1. The first kappa shape index (κ1) is 20.3. The Kier molecular flexibility index (Phi) is 5.70. The largest absolute Gasteiger partial charge is 0.325 e. The maximum atomic E-state index is 13.1. The number of amides is 1. The number of aryl methyl sites for hydroxylation is 1. The average Bonchev–Trinajstić information content (AvgIpc) is 3.26. The second-order valence-corrected chi connectivity index (χ2v) is 9.41. The Labute approximate surface area is 177 Å². The lowest BCUT2D eigenvalue weighted by Crippen LogP contribution is -2.43. The zero-order chi connectivity index (χ0) is 21.1. The van der Waals surface area contributed by atoms with Gasteiger partial charge in [0.15, 0.2) is 0 Å². The van der Waals surface area contributed by atoms with Crippen LogP contribution in [0.15, 0.2) is 83.8 Å². The van der Waals surface area contributed by atoms with Crippen molar-refractivity contribution in [3.8, 4) is 11.1 Å². The van der Waals surface area contributed by atoms with Crippen LogP contribution in [0.5, 0.6) is 0 Å². The van der Waals surface area contributed by atoms with Gasteiger partial charge in [0, 0.05) is 12.2 Å². The van der Waals surface area contributed by atoms with Gasteiger partial charge in [-0.25, -0.2) is 8.42 Å². The van der Waals surface area contributed by atoms with Crippen LogP contribution in [0, 0.1) is 6.92 Å². The highest BCUT2D eigenvalue weighted by atomic mass is 32.2. The zero-order valence-electron chi connectivity index (χ0n) is 16.8. The molecule has 3 aromatic rings. The van der Waals surface area contributed by atoms with Gasteiger partial charge in [0.1, 0.15) is 6.04 Å². The number of nitrogens with zero attached hydrogens (tertiary/aromatic N) is 1. The molecule has 1 atom stereocenters. The Bertz CT molecular complexity index is 1130. The minimum absolute atomic E-state index is 0.222. The van der Waals surface area contributed by atoms with E-state index in [9.17, 15) is 13.2 Å². The van der Waals surface area contributed by atoms with E-state index < -0.39 is 16.1 Å². The first-order valence-electron chi connectivity index (χ1n) is 10.00. The number of hydrogen-bond donors (Lipinski definition) is 1. The van der Waals surface area contributed by atoms with Crippen LogP contribution in [0.3, 0.4) is 0 Å². The van der Waals surface area contributed by atoms with E-state index >= 15 is 0 Å². The van der Waals surface area contributed by atoms with Crippen molar-refractivity contribution >= 4 is 21.6 Å². The van der Waals surface area contributed by atoms with Gasteiger partial charge in [-0.05, 0) is 55.2 Å². The number of rotatable bonds is 5. The molecule has 0 bridgehead atoms. The van der Waals surface area contributed by atoms with Crippen LogP contribution in [-0.2, 0) is 14.8 Å². The number of carbonyl (C=O) groups excluding carboxylic acids is 1. The van der Waals surface area contributed by atoms with Crippen molar-refractivity contribution in [1.82, 2.24) is 4.31 Å². The summed E-state index contributed by atoms with van der Waals surface area (Å²) in [6.07, 6.45) is 1.18. The normalized spacial score (nSPS) is 17.0. The van der Waals surface area contributed by atoms with E-state index in [1.54, 1.807) is 24.3 Å². The van der Waals surface area contributed by atoms with Crippen molar-refractivity contribution in [2.75, 3.05) is 11.9 Å². The van der Waals surface area contributed by atoms with Gasteiger partial charge < -0.3 is 5.32 Å². The molecule has 0 spiro atoms. The lowest BCUT2D eigenvalue weighted by Gasteiger charge is -2.23. The fourth-order valence-electron chi connectivity index (χ4n) is 3.74. The molecule has 0 aromatic heterocycles. The average molecular weight is 421 g/mol. The molecular weight excluding hydrogens is 396 g/mol. The van der Waals surface area contributed by atoms with Crippen molar-refractivity contribution < 1.29 is 13.2 Å². The van der Waals surface area contributed by atoms with E-state index in [4.69, 9.17) is 0 Å². The number of sulfonamides is 1. The van der Waals surface area contributed by atoms with Gasteiger partial charge >= 0.3 is 0 Å². The van der Waals surface area contributed by atoms with Gasteiger partial charge in [-0.1, -0.05) is 60.2 Å². The van der Waals surface area contributed by atoms with E-state index in [0.29, 0.717) is 25.1 Å². The van der Waals surface area contributed by atoms with E-state index in [0.717, 1.165) is 16.7 Å². The zero-order valence-corrected chi connectivity index (χ0v) is 17.6. The third-order valence-electron chi connectivity index (χ3n) is 5.39. The number of carbonyl (C=O) groups is 1. The third-order valence-corrected chi connectivity index (χ3v) is 7.32. The standard InChI is InChI=1S/C24H24N2O3S/c1-18-9-15-22(16-10-18)30(28,29)26-17-5-8-23(26)24(27)25-21-13-11-20(12-14-21)19-6-3-2-4-7-19/h2-4,6-7,9-16,23H,5,8,17H2,1H3,(H,25,27)/t23-/m0/s1. The van der Waals surface area contributed by atoms with Crippen molar-refractivity contribution in [2.24, 2.45) is 0 Å². The van der Waals surface area contributed by atoms with Crippen LogP contribution < -0.4 is 5.32 Å². The molecule has 4 rings (SSSR count). The van der Waals surface area contributed by atoms with Gasteiger partial charge in [0.05, 0.1) is 4.90 Å². The molecule has 0 unspecified atom stereocenters. The van der Waals surface area contributed by atoms with Crippen LogP contribution >= 0.6 is 0 Å². The topological polar surface area (TPSA) is 66.5 Å². The van der Waals surface area contributed by atoms with Crippen LogP contribution in [0.25, 0.3) is 11.1 Å². The predicted molar refractivity (Wildman–Crippen MR) is 119 cm³/mol. The molecule has 1 aliphatic rings. The molecule has 1 saturated heterocycles. The highest BCUT2D eigenvalue weighted by molar-refractivity contribution is 7.89. The minimum Gasteiger partial charge on any atom is -0.325 e. The molecule has 154 valence electrons. The molecule has 3 aromatic carbocycles. The molecule has 1 N–H and O–H groups in total. The summed E-state index contributed by atoms with van der Waals surface area (Å²) in [4.78, 5) is 13.1. The number of hydrogen-bond acceptors (Lipinski definition) is 3. The minimum atomic E-state index is -3.71. The molecule has 30 heavy (non-hydrogen) atoms. The Morgan fingerprint density at radius 3 is 2.20 bits per heavy atom. The van der Waals surface area contributed by atoms with Gasteiger partial charge in [-0.2, -0.15) is 4.31 Å². The number of anilines is 1. The summed E-state index contributed by atoms with van der Waals surface area (Å²) < 4.78 is 27.4.